The fourth-order valence-corrected chi connectivity index (χ4v) is 1.21. The highest BCUT2D eigenvalue weighted by atomic mass is 16.5. The molecule has 3 nitrogen and oxygen atoms in total. The highest BCUT2D eigenvalue weighted by molar-refractivity contribution is 5.55. The van der Waals surface area contributed by atoms with Crippen molar-refractivity contribution in [2.75, 3.05) is 7.11 Å². The average Bonchev–Trinajstić information content (AvgIpc) is 2.78. The zero-order valence-electron chi connectivity index (χ0n) is 8.23. The summed E-state index contributed by atoms with van der Waals surface area (Å²) in [6.07, 6.45) is 6.65. The number of benzene rings is 1. The van der Waals surface area contributed by atoms with Crippen molar-refractivity contribution in [1.29, 1.82) is 0 Å². The van der Waals surface area contributed by atoms with Crippen molar-refractivity contribution in [3.05, 3.63) is 36.2 Å². The van der Waals surface area contributed by atoms with Crippen molar-refractivity contribution in [2.24, 2.45) is 0 Å². The SMILES string of the molecule is C#Cc1coc(-c2ccc(OC)cc2)n1. The van der Waals surface area contributed by atoms with Gasteiger partial charge in [0.05, 0.1) is 7.11 Å². The summed E-state index contributed by atoms with van der Waals surface area (Å²) in [6.45, 7) is 0. The first-order valence-electron chi connectivity index (χ1n) is 4.40. The molecule has 0 radical (unpaired) electrons. The van der Waals surface area contributed by atoms with E-state index in [1.54, 1.807) is 7.11 Å². The summed E-state index contributed by atoms with van der Waals surface area (Å²) in [7, 11) is 1.62. The maximum atomic E-state index is 5.22. The Balaban J connectivity index is 2.33. The molecule has 0 aliphatic rings. The second kappa shape index (κ2) is 3.89. The molecule has 0 N–H and O–H groups in total. The Morgan fingerprint density at radius 1 is 1.33 bits per heavy atom. The van der Waals surface area contributed by atoms with E-state index in [0.717, 1.165) is 11.3 Å². The number of nitrogens with zero attached hydrogens (tertiary/aromatic N) is 1. The van der Waals surface area contributed by atoms with Gasteiger partial charge >= 0.3 is 0 Å². The molecule has 2 aromatic rings. The normalized spacial score (nSPS) is 9.60. The number of hydrogen-bond donors (Lipinski definition) is 0. The Morgan fingerprint density at radius 2 is 2.07 bits per heavy atom. The summed E-state index contributed by atoms with van der Waals surface area (Å²) in [5, 5.41) is 0. The molecule has 0 aliphatic heterocycles. The smallest absolute Gasteiger partial charge is 0.227 e. The molecule has 0 atom stereocenters. The third kappa shape index (κ3) is 1.84. The van der Waals surface area contributed by atoms with E-state index in [4.69, 9.17) is 15.6 Å². The van der Waals surface area contributed by atoms with Crippen LogP contribution in [0.1, 0.15) is 5.69 Å². The lowest BCUT2D eigenvalue weighted by Gasteiger charge is -1.99. The number of terminal acetylenes is 1. The van der Waals surface area contributed by atoms with Crippen LogP contribution in [-0.4, -0.2) is 12.1 Å². The monoisotopic (exact) mass is 199 g/mol. The van der Waals surface area contributed by atoms with Crippen molar-refractivity contribution < 1.29 is 9.15 Å². The predicted octanol–water partition coefficient (Wildman–Crippen LogP) is 2.33. The fourth-order valence-electron chi connectivity index (χ4n) is 1.21. The molecule has 0 amide bonds. The van der Waals surface area contributed by atoms with Gasteiger partial charge < -0.3 is 9.15 Å². The summed E-state index contributed by atoms with van der Waals surface area (Å²) in [5.41, 5.74) is 1.37. The standard InChI is InChI=1S/C12H9NO2/c1-3-10-8-15-12(13-10)9-4-6-11(14-2)7-5-9/h1,4-8H,2H3. The van der Waals surface area contributed by atoms with E-state index in [1.165, 1.54) is 6.26 Å². The molecule has 0 saturated heterocycles. The molecule has 15 heavy (non-hydrogen) atoms. The molecule has 0 aliphatic carbocycles. The van der Waals surface area contributed by atoms with Gasteiger partial charge in [-0.3, -0.25) is 0 Å². The summed E-state index contributed by atoms with van der Waals surface area (Å²) in [4.78, 5) is 4.11. The van der Waals surface area contributed by atoms with E-state index in [9.17, 15) is 0 Å². The number of oxazole rings is 1. The maximum absolute atomic E-state index is 5.22. The van der Waals surface area contributed by atoms with Crippen LogP contribution in [0.15, 0.2) is 34.9 Å². The van der Waals surface area contributed by atoms with Crippen molar-refractivity contribution in [1.82, 2.24) is 4.98 Å². The van der Waals surface area contributed by atoms with Gasteiger partial charge in [-0.25, -0.2) is 4.98 Å². The van der Waals surface area contributed by atoms with Gasteiger partial charge in [-0.05, 0) is 30.2 Å². The van der Waals surface area contributed by atoms with Crippen LogP contribution in [-0.2, 0) is 0 Å². The predicted molar refractivity (Wildman–Crippen MR) is 56.4 cm³/mol. The Kier molecular flexibility index (Phi) is 2.42. The third-order valence-corrected chi connectivity index (χ3v) is 1.99. The molecule has 2 rings (SSSR count). The first kappa shape index (κ1) is 9.35. The van der Waals surface area contributed by atoms with E-state index in [0.29, 0.717) is 11.6 Å². The first-order valence-corrected chi connectivity index (χ1v) is 4.40. The zero-order valence-corrected chi connectivity index (χ0v) is 8.23. The summed E-state index contributed by atoms with van der Waals surface area (Å²) >= 11 is 0. The van der Waals surface area contributed by atoms with Gasteiger partial charge in [-0.1, -0.05) is 0 Å². The summed E-state index contributed by atoms with van der Waals surface area (Å²) in [5.74, 6) is 3.72. The number of aromatic nitrogens is 1. The first-order chi connectivity index (χ1) is 7.33. The maximum Gasteiger partial charge on any atom is 0.227 e. The van der Waals surface area contributed by atoms with Crippen molar-refractivity contribution in [2.45, 2.75) is 0 Å². The minimum absolute atomic E-state index is 0.501. The molecule has 0 spiro atoms. The molecule has 74 valence electrons. The van der Waals surface area contributed by atoms with Crippen LogP contribution in [0.2, 0.25) is 0 Å². The number of rotatable bonds is 2. The molecule has 1 heterocycles. The number of hydrogen-bond acceptors (Lipinski definition) is 3. The van der Waals surface area contributed by atoms with Crippen LogP contribution in [0.5, 0.6) is 5.75 Å². The topological polar surface area (TPSA) is 35.3 Å². The molecule has 0 saturated carbocycles. The lowest BCUT2D eigenvalue weighted by atomic mass is 10.2. The summed E-state index contributed by atoms with van der Waals surface area (Å²) < 4.78 is 10.3. The second-order valence-corrected chi connectivity index (χ2v) is 2.91. The van der Waals surface area contributed by atoms with Crippen LogP contribution in [0.3, 0.4) is 0 Å². The van der Waals surface area contributed by atoms with Crippen molar-refractivity contribution in [3.8, 4) is 29.5 Å². The second-order valence-electron chi connectivity index (χ2n) is 2.91. The van der Waals surface area contributed by atoms with E-state index in [2.05, 4.69) is 10.9 Å². The minimum Gasteiger partial charge on any atom is -0.497 e. The van der Waals surface area contributed by atoms with E-state index >= 15 is 0 Å². The fraction of sp³-hybridized carbons (Fsp3) is 0.0833. The van der Waals surface area contributed by atoms with Gasteiger partial charge in [0.25, 0.3) is 0 Å². The van der Waals surface area contributed by atoms with Crippen molar-refractivity contribution in [3.63, 3.8) is 0 Å². The van der Waals surface area contributed by atoms with Gasteiger partial charge in [0.2, 0.25) is 5.89 Å². The van der Waals surface area contributed by atoms with Crippen LogP contribution in [0.25, 0.3) is 11.5 Å². The average molecular weight is 199 g/mol. The van der Waals surface area contributed by atoms with E-state index in [-0.39, 0.29) is 0 Å². The lowest BCUT2D eigenvalue weighted by Crippen LogP contribution is -1.82. The Bertz CT molecular complexity index is 491. The highest BCUT2D eigenvalue weighted by Crippen LogP contribution is 2.21. The Labute approximate surface area is 87.7 Å². The number of methoxy groups -OCH3 is 1. The third-order valence-electron chi connectivity index (χ3n) is 1.99. The number of ether oxygens (including phenoxy) is 1. The molecule has 3 heteroatoms. The molecule has 1 aromatic carbocycles. The quantitative estimate of drug-likeness (QED) is 0.696. The van der Waals surface area contributed by atoms with E-state index < -0.39 is 0 Å². The molecular weight excluding hydrogens is 190 g/mol. The highest BCUT2D eigenvalue weighted by Gasteiger charge is 2.04. The molecule has 0 unspecified atom stereocenters. The van der Waals surface area contributed by atoms with Crippen LogP contribution in [0.4, 0.5) is 0 Å². The van der Waals surface area contributed by atoms with Gasteiger partial charge in [-0.15, -0.1) is 6.42 Å². The zero-order chi connectivity index (χ0) is 10.7. The largest absolute Gasteiger partial charge is 0.497 e. The van der Waals surface area contributed by atoms with Gasteiger partial charge in [0.15, 0.2) is 5.69 Å². The van der Waals surface area contributed by atoms with Crippen LogP contribution < -0.4 is 4.74 Å². The molecule has 0 bridgehead atoms. The Morgan fingerprint density at radius 3 is 2.60 bits per heavy atom. The van der Waals surface area contributed by atoms with Crippen molar-refractivity contribution >= 4 is 0 Å². The molecule has 0 fully saturated rings. The Hall–Kier alpha value is -2.21. The lowest BCUT2D eigenvalue weighted by molar-refractivity contribution is 0.415. The van der Waals surface area contributed by atoms with Crippen LogP contribution >= 0.6 is 0 Å². The molecular formula is C12H9NO2. The van der Waals surface area contributed by atoms with Gasteiger partial charge in [0, 0.05) is 5.56 Å². The van der Waals surface area contributed by atoms with Gasteiger partial charge in [-0.2, -0.15) is 0 Å². The minimum atomic E-state index is 0.501. The summed E-state index contributed by atoms with van der Waals surface area (Å²) in [6, 6.07) is 7.42. The van der Waals surface area contributed by atoms with E-state index in [1.807, 2.05) is 24.3 Å². The molecule has 1 aromatic heterocycles. The van der Waals surface area contributed by atoms with Crippen LogP contribution in [0, 0.1) is 12.3 Å². The van der Waals surface area contributed by atoms with Gasteiger partial charge in [0.1, 0.15) is 12.0 Å².